The van der Waals surface area contributed by atoms with Crippen molar-refractivity contribution in [3.63, 3.8) is 0 Å². The number of aromatic nitrogens is 2. The number of nitrogens with zero attached hydrogens (tertiary/aromatic N) is 2. The van der Waals surface area contributed by atoms with Gasteiger partial charge in [-0.1, -0.05) is 11.6 Å². The van der Waals surface area contributed by atoms with E-state index in [4.69, 9.17) is 21.1 Å². The fourth-order valence-electron chi connectivity index (χ4n) is 3.86. The van der Waals surface area contributed by atoms with Crippen LogP contribution in [0, 0.1) is 6.92 Å². The highest BCUT2D eigenvalue weighted by atomic mass is 35.5. The van der Waals surface area contributed by atoms with E-state index in [1.807, 2.05) is 23.6 Å². The largest absolute Gasteiger partial charge is 0.497 e. The van der Waals surface area contributed by atoms with E-state index in [0.29, 0.717) is 34.2 Å². The van der Waals surface area contributed by atoms with Crippen molar-refractivity contribution in [1.29, 1.82) is 0 Å². The minimum absolute atomic E-state index is 0.0881. The molecule has 0 spiro atoms. The molecule has 0 fully saturated rings. The van der Waals surface area contributed by atoms with Crippen LogP contribution in [-0.2, 0) is 11.3 Å². The number of pyridine rings is 1. The number of rotatable bonds is 8. The highest BCUT2D eigenvalue weighted by Crippen LogP contribution is 2.31. The molecule has 0 amide bonds. The smallest absolute Gasteiger partial charge is 0.195 e. The average molecular weight is 463 g/mol. The van der Waals surface area contributed by atoms with E-state index in [1.165, 1.54) is 0 Å². The van der Waals surface area contributed by atoms with Crippen LogP contribution in [-0.4, -0.2) is 34.8 Å². The number of methoxy groups -OCH3 is 1. The fourth-order valence-corrected chi connectivity index (χ4v) is 4.04. The molecule has 1 atom stereocenters. The molecule has 0 radical (unpaired) electrons. The third kappa shape index (κ3) is 4.47. The molecule has 2 aromatic heterocycles. The molecule has 33 heavy (non-hydrogen) atoms. The van der Waals surface area contributed by atoms with Crippen LogP contribution in [0.4, 0.5) is 0 Å². The third-order valence-electron chi connectivity index (χ3n) is 5.56. The topological polar surface area (TPSA) is 70.4 Å². The van der Waals surface area contributed by atoms with E-state index in [2.05, 4.69) is 4.98 Å². The van der Waals surface area contributed by atoms with Crippen LogP contribution in [0.2, 0.25) is 5.02 Å². The van der Waals surface area contributed by atoms with Crippen LogP contribution in [0.1, 0.15) is 34.1 Å². The zero-order valence-corrected chi connectivity index (χ0v) is 19.3. The van der Waals surface area contributed by atoms with Gasteiger partial charge in [-0.3, -0.25) is 14.6 Å². The molecule has 0 aliphatic rings. The molecule has 0 unspecified atom stereocenters. The summed E-state index contributed by atoms with van der Waals surface area (Å²) in [5.74, 6) is 1.15. The van der Waals surface area contributed by atoms with Crippen molar-refractivity contribution in [3.8, 4) is 11.5 Å². The summed E-state index contributed by atoms with van der Waals surface area (Å²) in [7, 11) is 1.59. The average Bonchev–Trinajstić information content (AvgIpc) is 3.11. The number of halogens is 1. The first-order valence-electron chi connectivity index (χ1n) is 10.4. The lowest BCUT2D eigenvalue weighted by atomic mass is 10.0. The molecule has 0 saturated carbocycles. The number of aldehydes is 1. The molecule has 0 N–H and O–H groups in total. The van der Waals surface area contributed by atoms with Gasteiger partial charge in [-0.25, -0.2) is 0 Å². The summed E-state index contributed by atoms with van der Waals surface area (Å²) in [5, 5.41) is 1.34. The number of hydrogen-bond acceptors (Lipinski definition) is 5. The van der Waals surface area contributed by atoms with Crippen molar-refractivity contribution in [2.24, 2.45) is 0 Å². The highest BCUT2D eigenvalue weighted by Gasteiger charge is 2.22. The Bertz CT molecular complexity index is 1330. The normalized spacial score (nSPS) is 11.9. The van der Waals surface area contributed by atoms with Gasteiger partial charge in [0, 0.05) is 40.6 Å². The number of hydrogen-bond donors (Lipinski definition) is 0. The van der Waals surface area contributed by atoms with Crippen molar-refractivity contribution in [3.05, 3.63) is 88.3 Å². The predicted molar refractivity (Wildman–Crippen MR) is 128 cm³/mol. The lowest BCUT2D eigenvalue weighted by Crippen LogP contribution is -2.13. The first-order chi connectivity index (χ1) is 15.9. The summed E-state index contributed by atoms with van der Waals surface area (Å²) in [6, 6.07) is 14.2. The zero-order chi connectivity index (χ0) is 23.5. The molecule has 4 aromatic rings. The Morgan fingerprint density at radius 1 is 1.15 bits per heavy atom. The summed E-state index contributed by atoms with van der Waals surface area (Å²) in [6.07, 6.45) is 3.59. The zero-order valence-electron chi connectivity index (χ0n) is 18.5. The van der Waals surface area contributed by atoms with Crippen LogP contribution >= 0.6 is 11.6 Å². The second kappa shape index (κ2) is 9.46. The van der Waals surface area contributed by atoms with E-state index in [9.17, 15) is 9.59 Å². The number of ketones is 1. The quantitative estimate of drug-likeness (QED) is 0.264. The fraction of sp³-hybridized carbons (Fsp3) is 0.192. The van der Waals surface area contributed by atoms with Crippen molar-refractivity contribution in [2.45, 2.75) is 26.5 Å². The van der Waals surface area contributed by atoms with Gasteiger partial charge in [-0.05, 0) is 67.9 Å². The van der Waals surface area contributed by atoms with Crippen molar-refractivity contribution >= 4 is 34.6 Å². The lowest BCUT2D eigenvalue weighted by Gasteiger charge is -2.14. The van der Waals surface area contributed by atoms with Crippen molar-refractivity contribution in [1.82, 2.24) is 9.55 Å². The van der Waals surface area contributed by atoms with Gasteiger partial charge in [0.15, 0.2) is 18.2 Å². The molecular weight excluding hydrogens is 440 g/mol. The molecule has 0 saturated heterocycles. The Balaban J connectivity index is 1.77. The second-order valence-corrected chi connectivity index (χ2v) is 8.12. The van der Waals surface area contributed by atoms with E-state index in [1.54, 1.807) is 62.8 Å². The molecule has 6 nitrogen and oxygen atoms in total. The Hall–Kier alpha value is -3.64. The first-order valence-corrected chi connectivity index (χ1v) is 10.8. The number of carbonyl (C=O) groups excluding carboxylic acids is 2. The summed E-state index contributed by atoms with van der Waals surface area (Å²) in [4.78, 5) is 28.7. The van der Waals surface area contributed by atoms with E-state index < -0.39 is 6.10 Å². The van der Waals surface area contributed by atoms with Crippen molar-refractivity contribution < 1.29 is 19.1 Å². The number of benzene rings is 2. The summed E-state index contributed by atoms with van der Waals surface area (Å²) in [5.41, 5.74) is 3.66. The van der Waals surface area contributed by atoms with Crippen LogP contribution in [0.25, 0.3) is 10.9 Å². The van der Waals surface area contributed by atoms with Gasteiger partial charge in [0.1, 0.15) is 11.5 Å². The molecule has 0 aliphatic heterocycles. The van der Waals surface area contributed by atoms with Crippen LogP contribution < -0.4 is 9.47 Å². The molecule has 168 valence electrons. The lowest BCUT2D eigenvalue weighted by molar-refractivity contribution is -0.113. The Morgan fingerprint density at radius 3 is 2.58 bits per heavy atom. The van der Waals surface area contributed by atoms with Gasteiger partial charge >= 0.3 is 0 Å². The SMILES string of the molecule is COc1ccc(C(=O)c2c(C)n(Cc3cc(O[C@@H](C)C=O)ccc3Cl)c3ccncc23)cc1. The standard InChI is InChI=1S/C26H23ClN2O4/c1-16(15-30)33-21-8-9-23(27)19(12-21)14-29-17(2)25(22-13-28-11-10-24(22)29)26(31)18-4-6-20(32-3)7-5-18/h4-13,15-16H,14H2,1-3H3/t16-/m0/s1. The molecular formula is C26H23ClN2O4. The van der Waals surface area contributed by atoms with Crippen LogP contribution in [0.3, 0.4) is 0 Å². The molecule has 4 rings (SSSR count). The maximum atomic E-state index is 13.5. The number of ether oxygens (including phenoxy) is 2. The number of carbonyl (C=O) groups is 2. The third-order valence-corrected chi connectivity index (χ3v) is 5.93. The minimum atomic E-state index is -0.562. The van der Waals surface area contributed by atoms with Gasteiger partial charge in [0.25, 0.3) is 0 Å². The van der Waals surface area contributed by atoms with Crippen LogP contribution in [0.5, 0.6) is 11.5 Å². The monoisotopic (exact) mass is 462 g/mol. The Labute approximate surface area is 196 Å². The Kier molecular flexibility index (Phi) is 6.47. The summed E-state index contributed by atoms with van der Waals surface area (Å²) >= 11 is 6.48. The van der Waals surface area contributed by atoms with E-state index in [0.717, 1.165) is 28.4 Å². The molecule has 2 heterocycles. The van der Waals surface area contributed by atoms with Gasteiger partial charge in [-0.2, -0.15) is 0 Å². The number of fused-ring (bicyclic) bond motifs is 1. The van der Waals surface area contributed by atoms with Gasteiger partial charge in [0.05, 0.1) is 18.2 Å². The predicted octanol–water partition coefficient (Wildman–Crippen LogP) is 5.25. The maximum absolute atomic E-state index is 13.5. The molecule has 0 aliphatic carbocycles. The van der Waals surface area contributed by atoms with Crippen molar-refractivity contribution in [2.75, 3.05) is 7.11 Å². The summed E-state index contributed by atoms with van der Waals surface area (Å²) in [6.45, 7) is 4.02. The van der Waals surface area contributed by atoms with E-state index in [-0.39, 0.29) is 5.78 Å². The second-order valence-electron chi connectivity index (χ2n) is 7.71. The Morgan fingerprint density at radius 2 is 1.88 bits per heavy atom. The first kappa shape index (κ1) is 22.6. The highest BCUT2D eigenvalue weighted by molar-refractivity contribution is 6.31. The maximum Gasteiger partial charge on any atom is 0.195 e. The van der Waals surface area contributed by atoms with Gasteiger partial charge in [0.2, 0.25) is 0 Å². The molecule has 2 aromatic carbocycles. The van der Waals surface area contributed by atoms with Crippen LogP contribution in [0.15, 0.2) is 60.9 Å². The van der Waals surface area contributed by atoms with Gasteiger partial charge in [-0.15, -0.1) is 0 Å². The van der Waals surface area contributed by atoms with Gasteiger partial charge < -0.3 is 14.0 Å². The van der Waals surface area contributed by atoms with E-state index >= 15 is 0 Å². The minimum Gasteiger partial charge on any atom is -0.497 e. The summed E-state index contributed by atoms with van der Waals surface area (Å²) < 4.78 is 12.9. The molecule has 0 bridgehead atoms. The molecule has 7 heteroatoms.